The summed E-state index contributed by atoms with van der Waals surface area (Å²) in [4.78, 5) is 14.8. The number of carboxylic acids is 1. The van der Waals surface area contributed by atoms with E-state index in [4.69, 9.17) is 5.11 Å². The van der Waals surface area contributed by atoms with Crippen LogP contribution in [0.3, 0.4) is 0 Å². The molecule has 5 heteroatoms. The highest BCUT2D eigenvalue weighted by Gasteiger charge is 2.18. The van der Waals surface area contributed by atoms with Crippen molar-refractivity contribution < 1.29 is 9.90 Å². The molecule has 0 atom stereocenters. The first-order valence-electron chi connectivity index (χ1n) is 5.08. The van der Waals surface area contributed by atoms with Gasteiger partial charge in [0, 0.05) is 18.4 Å². The molecule has 15 heavy (non-hydrogen) atoms. The molecule has 1 aliphatic rings. The molecule has 0 saturated carbocycles. The van der Waals surface area contributed by atoms with Gasteiger partial charge in [0.05, 0.1) is 0 Å². The summed E-state index contributed by atoms with van der Waals surface area (Å²) in [6, 6.07) is 0.447. The summed E-state index contributed by atoms with van der Waals surface area (Å²) in [5.41, 5.74) is 0. The van der Waals surface area contributed by atoms with Crippen molar-refractivity contribution in [2.45, 2.75) is 25.3 Å². The van der Waals surface area contributed by atoms with E-state index in [1.807, 2.05) is 22.5 Å². The van der Waals surface area contributed by atoms with Gasteiger partial charge in [-0.15, -0.1) is 0 Å². The van der Waals surface area contributed by atoms with E-state index in [1.165, 1.54) is 0 Å². The minimum Gasteiger partial charge on any atom is -0.481 e. The molecule has 0 spiro atoms. The van der Waals surface area contributed by atoms with Gasteiger partial charge in [-0.1, -0.05) is 0 Å². The maximum absolute atomic E-state index is 10.6. The van der Waals surface area contributed by atoms with E-state index in [0.29, 0.717) is 11.9 Å². The fourth-order valence-electron chi connectivity index (χ4n) is 1.91. The van der Waals surface area contributed by atoms with Crippen LogP contribution < -0.4 is 0 Å². The molecule has 1 N–H and O–H groups in total. The molecule has 1 aromatic rings. The number of aliphatic carboxylic acids is 1. The minimum atomic E-state index is -0.812. The Balaban J connectivity index is 2.12. The quantitative estimate of drug-likeness (QED) is 0.850. The average Bonchev–Trinajstić information content (AvgIpc) is 2.66. The van der Waals surface area contributed by atoms with Gasteiger partial charge in [-0.3, -0.25) is 4.79 Å². The smallest absolute Gasteiger partial charge is 0.311 e. The topological polar surface area (TPSA) is 55.1 Å². The van der Waals surface area contributed by atoms with Crippen LogP contribution in [-0.4, -0.2) is 32.1 Å². The zero-order valence-corrected chi connectivity index (χ0v) is 9.24. The zero-order valence-electron chi connectivity index (χ0n) is 8.43. The molecule has 0 radical (unpaired) electrons. The van der Waals surface area contributed by atoms with E-state index in [-0.39, 0.29) is 6.42 Å². The van der Waals surface area contributed by atoms with Gasteiger partial charge < -0.3 is 9.67 Å². The van der Waals surface area contributed by atoms with E-state index in [0.717, 1.165) is 24.3 Å². The molecule has 1 saturated heterocycles. The summed E-state index contributed by atoms with van der Waals surface area (Å²) in [5, 5.41) is 8.75. The van der Waals surface area contributed by atoms with Crippen LogP contribution in [0.25, 0.3) is 0 Å². The molecule has 0 bridgehead atoms. The minimum absolute atomic E-state index is 0.0244. The van der Waals surface area contributed by atoms with Crippen molar-refractivity contribution in [2.24, 2.45) is 0 Å². The van der Waals surface area contributed by atoms with Crippen molar-refractivity contribution in [3.8, 4) is 0 Å². The first-order valence-corrected chi connectivity index (χ1v) is 6.24. The van der Waals surface area contributed by atoms with Crippen molar-refractivity contribution in [2.75, 3.05) is 11.5 Å². The molecule has 82 valence electrons. The summed E-state index contributed by atoms with van der Waals surface area (Å²) in [7, 11) is 0. The Kier molecular flexibility index (Phi) is 3.30. The predicted octanol–water partition coefficient (Wildman–Crippen LogP) is 1.58. The SMILES string of the molecule is O=C(O)Cc1nccn1C1CCSCC1. The lowest BCUT2D eigenvalue weighted by atomic mass is 10.1. The second-order valence-electron chi connectivity index (χ2n) is 3.66. The maximum Gasteiger partial charge on any atom is 0.311 e. The van der Waals surface area contributed by atoms with Gasteiger partial charge in [0.15, 0.2) is 0 Å². The Hall–Kier alpha value is -0.970. The lowest BCUT2D eigenvalue weighted by Gasteiger charge is -2.24. The highest BCUT2D eigenvalue weighted by Crippen LogP contribution is 2.27. The number of carboxylic acid groups (broad SMARTS) is 1. The number of carbonyl (C=O) groups is 1. The molecule has 2 rings (SSSR count). The third-order valence-corrected chi connectivity index (χ3v) is 3.69. The van der Waals surface area contributed by atoms with Gasteiger partial charge in [0.25, 0.3) is 0 Å². The molecule has 0 amide bonds. The van der Waals surface area contributed by atoms with E-state index in [1.54, 1.807) is 6.20 Å². The Morgan fingerprint density at radius 3 is 3.00 bits per heavy atom. The van der Waals surface area contributed by atoms with Crippen molar-refractivity contribution in [3.05, 3.63) is 18.2 Å². The molecular weight excluding hydrogens is 212 g/mol. The van der Waals surface area contributed by atoms with Gasteiger partial charge in [-0.05, 0) is 24.3 Å². The van der Waals surface area contributed by atoms with Crippen molar-refractivity contribution >= 4 is 17.7 Å². The fraction of sp³-hybridized carbons (Fsp3) is 0.600. The van der Waals surface area contributed by atoms with Gasteiger partial charge in [-0.2, -0.15) is 11.8 Å². The third kappa shape index (κ3) is 2.53. The van der Waals surface area contributed by atoms with Crippen LogP contribution in [0.15, 0.2) is 12.4 Å². The number of thioether (sulfide) groups is 1. The van der Waals surface area contributed by atoms with E-state index in [2.05, 4.69) is 4.98 Å². The van der Waals surface area contributed by atoms with Crippen LogP contribution >= 0.6 is 11.8 Å². The lowest BCUT2D eigenvalue weighted by Crippen LogP contribution is -2.18. The summed E-state index contributed by atoms with van der Waals surface area (Å²) >= 11 is 1.97. The van der Waals surface area contributed by atoms with E-state index < -0.39 is 5.97 Å². The third-order valence-electron chi connectivity index (χ3n) is 2.64. The first kappa shape index (κ1) is 10.5. The molecule has 1 fully saturated rings. The maximum atomic E-state index is 10.6. The standard InChI is InChI=1S/C10H14N2O2S/c13-10(14)7-9-11-3-4-12(9)8-1-5-15-6-2-8/h3-4,8H,1-2,5-7H2,(H,13,14). The highest BCUT2D eigenvalue weighted by molar-refractivity contribution is 7.99. The van der Waals surface area contributed by atoms with Gasteiger partial charge >= 0.3 is 5.97 Å². The number of imidazole rings is 1. The van der Waals surface area contributed by atoms with Crippen LogP contribution in [0.5, 0.6) is 0 Å². The lowest BCUT2D eigenvalue weighted by molar-refractivity contribution is -0.136. The second kappa shape index (κ2) is 4.70. The van der Waals surface area contributed by atoms with Crippen LogP contribution in [0.2, 0.25) is 0 Å². The van der Waals surface area contributed by atoms with Crippen LogP contribution in [0, 0.1) is 0 Å². The fourth-order valence-corrected chi connectivity index (χ4v) is 2.99. The molecule has 0 unspecified atom stereocenters. The Labute approximate surface area is 92.7 Å². The number of hydrogen-bond acceptors (Lipinski definition) is 3. The Morgan fingerprint density at radius 2 is 2.33 bits per heavy atom. The molecule has 0 aliphatic carbocycles. The molecular formula is C10H14N2O2S. The van der Waals surface area contributed by atoms with E-state index in [9.17, 15) is 4.79 Å². The summed E-state index contributed by atoms with van der Waals surface area (Å²) in [5.74, 6) is 2.19. The second-order valence-corrected chi connectivity index (χ2v) is 4.89. The number of aromatic nitrogens is 2. The average molecular weight is 226 g/mol. The van der Waals surface area contributed by atoms with Crippen molar-refractivity contribution in [1.29, 1.82) is 0 Å². The van der Waals surface area contributed by atoms with Gasteiger partial charge in [0.1, 0.15) is 12.2 Å². The van der Waals surface area contributed by atoms with Crippen molar-refractivity contribution in [1.82, 2.24) is 9.55 Å². The molecule has 1 aromatic heterocycles. The molecule has 0 aromatic carbocycles. The molecule has 4 nitrogen and oxygen atoms in total. The van der Waals surface area contributed by atoms with Crippen molar-refractivity contribution in [3.63, 3.8) is 0 Å². The number of rotatable bonds is 3. The van der Waals surface area contributed by atoms with Crippen LogP contribution in [0.4, 0.5) is 0 Å². The highest BCUT2D eigenvalue weighted by atomic mass is 32.2. The Bertz CT molecular complexity index is 345. The summed E-state index contributed by atoms with van der Waals surface area (Å²) in [6.45, 7) is 0. The molecule has 2 heterocycles. The number of hydrogen-bond donors (Lipinski definition) is 1. The monoisotopic (exact) mass is 226 g/mol. The normalized spacial score (nSPS) is 17.9. The molecule has 1 aliphatic heterocycles. The predicted molar refractivity (Wildman–Crippen MR) is 59.2 cm³/mol. The van der Waals surface area contributed by atoms with Gasteiger partial charge in [-0.25, -0.2) is 4.98 Å². The van der Waals surface area contributed by atoms with Crippen LogP contribution in [-0.2, 0) is 11.2 Å². The first-order chi connectivity index (χ1) is 7.27. The zero-order chi connectivity index (χ0) is 10.7. The Morgan fingerprint density at radius 1 is 1.60 bits per heavy atom. The van der Waals surface area contributed by atoms with E-state index >= 15 is 0 Å². The van der Waals surface area contributed by atoms with Gasteiger partial charge in [0.2, 0.25) is 0 Å². The number of nitrogens with zero attached hydrogens (tertiary/aromatic N) is 2. The summed E-state index contributed by atoms with van der Waals surface area (Å²) in [6.07, 6.45) is 5.86. The largest absolute Gasteiger partial charge is 0.481 e. The summed E-state index contributed by atoms with van der Waals surface area (Å²) < 4.78 is 2.04. The van der Waals surface area contributed by atoms with Crippen LogP contribution in [0.1, 0.15) is 24.7 Å².